The van der Waals surface area contributed by atoms with Gasteiger partial charge >= 0.3 is 5.97 Å². The highest BCUT2D eigenvalue weighted by Gasteiger charge is 2.14. The number of aromatic carboxylic acids is 1. The number of pyridine rings is 1. The van der Waals surface area contributed by atoms with Gasteiger partial charge in [0, 0.05) is 18.6 Å². The summed E-state index contributed by atoms with van der Waals surface area (Å²) in [7, 11) is 1.81. The Kier molecular flexibility index (Phi) is 4.47. The molecule has 0 spiro atoms. The van der Waals surface area contributed by atoms with Crippen LogP contribution in [0.15, 0.2) is 36.4 Å². The maximum atomic E-state index is 11.0. The molecule has 0 fully saturated rings. The number of aromatic nitrogens is 1. The van der Waals surface area contributed by atoms with Gasteiger partial charge in [0.15, 0.2) is 5.69 Å². The van der Waals surface area contributed by atoms with Crippen LogP contribution in [-0.2, 0) is 6.54 Å². The van der Waals surface area contributed by atoms with E-state index < -0.39 is 5.97 Å². The number of carbonyl (C=O) groups is 1. The monoisotopic (exact) mass is 310 g/mol. The van der Waals surface area contributed by atoms with Gasteiger partial charge in [-0.15, -0.1) is 0 Å². The molecule has 0 aliphatic rings. The summed E-state index contributed by atoms with van der Waals surface area (Å²) < 4.78 is 0. The zero-order chi connectivity index (χ0) is 14.7. The standard InChI is InChI=1S/C14H12Cl2N2O2/c1-18(8-9-4-2-3-5-10(9)15)12-7-6-11(16)13(17-12)14(19)20/h2-7H,8H2,1H3,(H,19,20). The molecule has 1 aromatic heterocycles. The largest absolute Gasteiger partial charge is 0.476 e. The molecule has 20 heavy (non-hydrogen) atoms. The van der Waals surface area contributed by atoms with Crippen molar-refractivity contribution < 1.29 is 9.90 Å². The summed E-state index contributed by atoms with van der Waals surface area (Å²) in [6.07, 6.45) is 0. The van der Waals surface area contributed by atoms with Crippen molar-refractivity contribution in [2.75, 3.05) is 11.9 Å². The minimum absolute atomic E-state index is 0.118. The van der Waals surface area contributed by atoms with Crippen molar-refractivity contribution in [2.45, 2.75) is 6.54 Å². The third-order valence-corrected chi connectivity index (χ3v) is 3.46. The molecule has 0 unspecified atom stereocenters. The van der Waals surface area contributed by atoms with Crippen molar-refractivity contribution >= 4 is 35.0 Å². The van der Waals surface area contributed by atoms with Gasteiger partial charge < -0.3 is 10.0 Å². The van der Waals surface area contributed by atoms with Gasteiger partial charge in [0.2, 0.25) is 0 Å². The van der Waals surface area contributed by atoms with Crippen molar-refractivity contribution in [3.05, 3.63) is 57.7 Å². The second-order valence-electron chi connectivity index (χ2n) is 4.25. The minimum Gasteiger partial charge on any atom is -0.476 e. The maximum Gasteiger partial charge on any atom is 0.356 e. The molecule has 0 atom stereocenters. The van der Waals surface area contributed by atoms with Crippen molar-refractivity contribution in [3.8, 4) is 0 Å². The maximum absolute atomic E-state index is 11.0. The number of carboxylic acids is 1. The molecule has 1 heterocycles. The molecule has 0 amide bonds. The second kappa shape index (κ2) is 6.11. The zero-order valence-electron chi connectivity index (χ0n) is 10.7. The van der Waals surface area contributed by atoms with Gasteiger partial charge in [0.05, 0.1) is 5.02 Å². The molecule has 104 valence electrons. The van der Waals surface area contributed by atoms with Gasteiger partial charge in [-0.3, -0.25) is 0 Å². The normalized spacial score (nSPS) is 10.3. The van der Waals surface area contributed by atoms with Crippen LogP contribution in [0.5, 0.6) is 0 Å². The summed E-state index contributed by atoms with van der Waals surface area (Å²) in [5, 5.41) is 9.80. The number of rotatable bonds is 4. The number of nitrogens with zero attached hydrogens (tertiary/aromatic N) is 2. The zero-order valence-corrected chi connectivity index (χ0v) is 12.2. The van der Waals surface area contributed by atoms with Crippen LogP contribution < -0.4 is 4.90 Å². The van der Waals surface area contributed by atoms with E-state index in [0.717, 1.165) is 5.56 Å². The van der Waals surface area contributed by atoms with E-state index in [1.54, 1.807) is 6.07 Å². The Labute approximate surface area is 126 Å². The molecular weight excluding hydrogens is 299 g/mol. The number of hydrogen-bond donors (Lipinski definition) is 1. The Balaban J connectivity index is 2.26. The average molecular weight is 311 g/mol. The first-order valence-corrected chi connectivity index (χ1v) is 6.59. The summed E-state index contributed by atoms with van der Waals surface area (Å²) in [5.41, 5.74) is 0.778. The van der Waals surface area contributed by atoms with E-state index in [1.807, 2.05) is 36.2 Å². The topological polar surface area (TPSA) is 53.4 Å². The van der Waals surface area contributed by atoms with Crippen molar-refractivity contribution in [1.82, 2.24) is 4.98 Å². The van der Waals surface area contributed by atoms with E-state index in [9.17, 15) is 4.79 Å². The van der Waals surface area contributed by atoms with Crippen LogP contribution >= 0.6 is 23.2 Å². The quantitative estimate of drug-likeness (QED) is 0.935. The van der Waals surface area contributed by atoms with Crippen molar-refractivity contribution in [3.63, 3.8) is 0 Å². The highest BCUT2D eigenvalue weighted by atomic mass is 35.5. The summed E-state index contributed by atoms with van der Waals surface area (Å²) in [5.74, 6) is -0.630. The molecule has 1 N–H and O–H groups in total. The first-order valence-electron chi connectivity index (χ1n) is 5.83. The average Bonchev–Trinajstić information content (AvgIpc) is 2.41. The molecule has 0 saturated carbocycles. The van der Waals surface area contributed by atoms with Crippen LogP contribution in [0.1, 0.15) is 16.1 Å². The smallest absolute Gasteiger partial charge is 0.356 e. The van der Waals surface area contributed by atoms with E-state index >= 15 is 0 Å². The fourth-order valence-corrected chi connectivity index (χ4v) is 2.14. The number of hydrogen-bond acceptors (Lipinski definition) is 3. The summed E-state index contributed by atoms with van der Waals surface area (Å²) >= 11 is 11.9. The van der Waals surface area contributed by atoms with E-state index in [0.29, 0.717) is 17.4 Å². The summed E-state index contributed by atoms with van der Waals surface area (Å²) in [6.45, 7) is 0.521. The lowest BCUT2D eigenvalue weighted by molar-refractivity contribution is 0.0691. The van der Waals surface area contributed by atoms with Gasteiger partial charge in [0.1, 0.15) is 5.82 Å². The Hall–Kier alpha value is -1.78. The van der Waals surface area contributed by atoms with Gasteiger partial charge in [-0.1, -0.05) is 41.4 Å². The van der Waals surface area contributed by atoms with E-state index in [1.165, 1.54) is 6.07 Å². The van der Waals surface area contributed by atoms with Gasteiger partial charge in [-0.2, -0.15) is 0 Å². The van der Waals surface area contributed by atoms with E-state index in [4.69, 9.17) is 28.3 Å². The predicted molar refractivity (Wildman–Crippen MR) is 79.8 cm³/mol. The number of anilines is 1. The van der Waals surface area contributed by atoms with Gasteiger partial charge in [0.25, 0.3) is 0 Å². The SMILES string of the molecule is CN(Cc1ccccc1Cl)c1ccc(Cl)c(C(=O)O)n1. The van der Waals surface area contributed by atoms with Gasteiger partial charge in [-0.05, 0) is 23.8 Å². The Morgan fingerprint density at radius 2 is 1.90 bits per heavy atom. The molecule has 4 nitrogen and oxygen atoms in total. The Morgan fingerprint density at radius 3 is 2.55 bits per heavy atom. The van der Waals surface area contributed by atoms with Crippen LogP contribution in [0.3, 0.4) is 0 Å². The molecule has 2 aromatic rings. The fourth-order valence-electron chi connectivity index (χ4n) is 1.76. The highest BCUT2D eigenvalue weighted by Crippen LogP contribution is 2.22. The number of carboxylic acid groups (broad SMARTS) is 1. The molecule has 1 aromatic carbocycles. The molecule has 0 saturated heterocycles. The molecule has 0 aliphatic heterocycles. The molecule has 0 radical (unpaired) electrons. The lowest BCUT2D eigenvalue weighted by Gasteiger charge is -2.19. The van der Waals surface area contributed by atoms with Crippen LogP contribution in [0, 0.1) is 0 Å². The first kappa shape index (κ1) is 14.6. The summed E-state index contributed by atoms with van der Waals surface area (Å²) in [4.78, 5) is 16.9. The lowest BCUT2D eigenvalue weighted by atomic mass is 10.2. The van der Waals surface area contributed by atoms with Crippen LogP contribution in [0.4, 0.5) is 5.82 Å². The van der Waals surface area contributed by atoms with Crippen LogP contribution in [0.25, 0.3) is 0 Å². The fraction of sp³-hybridized carbons (Fsp3) is 0.143. The molecule has 0 bridgehead atoms. The molecular formula is C14H12Cl2N2O2. The van der Waals surface area contributed by atoms with Gasteiger partial charge in [-0.25, -0.2) is 9.78 Å². The van der Waals surface area contributed by atoms with Crippen LogP contribution in [-0.4, -0.2) is 23.1 Å². The lowest BCUT2D eigenvalue weighted by Crippen LogP contribution is -2.19. The van der Waals surface area contributed by atoms with E-state index in [2.05, 4.69) is 4.98 Å². The summed E-state index contributed by atoms with van der Waals surface area (Å²) in [6, 6.07) is 10.7. The molecule has 6 heteroatoms. The van der Waals surface area contributed by atoms with Crippen molar-refractivity contribution in [2.24, 2.45) is 0 Å². The van der Waals surface area contributed by atoms with Crippen molar-refractivity contribution in [1.29, 1.82) is 0 Å². The Bertz CT molecular complexity index is 647. The third-order valence-electron chi connectivity index (χ3n) is 2.79. The molecule has 0 aliphatic carbocycles. The minimum atomic E-state index is -1.15. The number of halogens is 2. The highest BCUT2D eigenvalue weighted by molar-refractivity contribution is 6.33. The van der Waals surface area contributed by atoms with E-state index in [-0.39, 0.29) is 10.7 Å². The predicted octanol–water partition coefficient (Wildman–Crippen LogP) is 3.72. The second-order valence-corrected chi connectivity index (χ2v) is 5.07. The Morgan fingerprint density at radius 1 is 1.20 bits per heavy atom. The molecule has 2 rings (SSSR count). The third kappa shape index (κ3) is 3.21. The number of benzene rings is 1. The van der Waals surface area contributed by atoms with Crippen LogP contribution in [0.2, 0.25) is 10.0 Å². The first-order chi connectivity index (χ1) is 9.49.